The minimum absolute atomic E-state index is 0.0327. The second-order valence-corrected chi connectivity index (χ2v) is 9.93. The normalized spacial score (nSPS) is 41.0. The van der Waals surface area contributed by atoms with Crippen molar-refractivity contribution in [1.29, 1.82) is 0 Å². The minimum Gasteiger partial charge on any atom is -0.361 e. The van der Waals surface area contributed by atoms with Crippen LogP contribution in [-0.4, -0.2) is 61.4 Å². The van der Waals surface area contributed by atoms with Crippen molar-refractivity contribution in [3.05, 3.63) is 0 Å². The van der Waals surface area contributed by atoms with Gasteiger partial charge in [0.1, 0.15) is 13.5 Å². The predicted octanol–water partition coefficient (Wildman–Crippen LogP) is 2.38. The van der Waals surface area contributed by atoms with E-state index in [-0.39, 0.29) is 16.7 Å². The van der Waals surface area contributed by atoms with E-state index in [0.29, 0.717) is 37.6 Å². The van der Waals surface area contributed by atoms with Crippen LogP contribution in [0.2, 0.25) is 0 Å². The van der Waals surface area contributed by atoms with Crippen LogP contribution in [0.1, 0.15) is 57.8 Å². The van der Waals surface area contributed by atoms with Crippen molar-refractivity contribution in [3.8, 4) is 0 Å². The second-order valence-electron chi connectivity index (χ2n) is 9.93. The van der Waals surface area contributed by atoms with Gasteiger partial charge in [0.05, 0.1) is 18.6 Å². The molecular formula is C21H32N2O4. The summed E-state index contributed by atoms with van der Waals surface area (Å²) in [4.78, 5) is 30.3. The third-order valence-corrected chi connectivity index (χ3v) is 7.73. The molecular weight excluding hydrogens is 344 g/mol. The molecule has 4 bridgehead atoms. The maximum absolute atomic E-state index is 13.5. The quantitative estimate of drug-likeness (QED) is 0.759. The highest BCUT2D eigenvalue weighted by Gasteiger charge is 2.61. The highest BCUT2D eigenvalue weighted by atomic mass is 16.5. The number of carbonyl (C=O) groups excluding carboxylic acids is 2. The van der Waals surface area contributed by atoms with Crippen LogP contribution in [0.4, 0.5) is 0 Å². The first-order valence-electron chi connectivity index (χ1n) is 10.8. The molecule has 0 radical (unpaired) electrons. The third kappa shape index (κ3) is 3.19. The van der Waals surface area contributed by atoms with E-state index in [2.05, 4.69) is 0 Å². The van der Waals surface area contributed by atoms with Gasteiger partial charge in [-0.25, -0.2) is 0 Å². The van der Waals surface area contributed by atoms with Crippen LogP contribution in [0.15, 0.2) is 0 Å². The largest absolute Gasteiger partial charge is 0.361 e. The maximum Gasteiger partial charge on any atom is 0.230 e. The first kappa shape index (κ1) is 17.9. The summed E-state index contributed by atoms with van der Waals surface area (Å²) in [5.41, 5.74) is -0.200. The van der Waals surface area contributed by atoms with Gasteiger partial charge in [-0.3, -0.25) is 9.59 Å². The van der Waals surface area contributed by atoms with Crippen LogP contribution in [-0.2, 0) is 19.1 Å². The molecule has 2 aliphatic heterocycles. The van der Waals surface area contributed by atoms with Gasteiger partial charge >= 0.3 is 0 Å². The summed E-state index contributed by atoms with van der Waals surface area (Å²) in [5, 5.41) is 0. The van der Waals surface area contributed by atoms with Crippen LogP contribution in [0.5, 0.6) is 0 Å². The molecule has 0 aromatic heterocycles. The van der Waals surface area contributed by atoms with Gasteiger partial charge in [-0.05, 0) is 68.6 Å². The number of nitrogens with zero attached hydrogens (tertiary/aromatic N) is 2. The topological polar surface area (TPSA) is 59.1 Å². The number of hydrogen-bond donors (Lipinski definition) is 0. The van der Waals surface area contributed by atoms with Gasteiger partial charge in [0.2, 0.25) is 11.8 Å². The lowest BCUT2D eigenvalue weighted by molar-refractivity contribution is -0.179. The minimum atomic E-state index is -0.233. The van der Waals surface area contributed by atoms with Crippen LogP contribution in [0, 0.1) is 22.7 Å². The van der Waals surface area contributed by atoms with Crippen molar-refractivity contribution in [3.63, 3.8) is 0 Å². The molecule has 150 valence electrons. The molecule has 2 amide bonds. The van der Waals surface area contributed by atoms with E-state index >= 15 is 0 Å². The Hall–Kier alpha value is -1.14. The summed E-state index contributed by atoms with van der Waals surface area (Å²) >= 11 is 0. The molecule has 4 aliphatic carbocycles. The summed E-state index contributed by atoms with van der Waals surface area (Å²) < 4.78 is 11.1. The van der Waals surface area contributed by atoms with Crippen molar-refractivity contribution < 1.29 is 19.1 Å². The molecule has 0 aromatic carbocycles. The van der Waals surface area contributed by atoms with E-state index in [1.165, 1.54) is 6.42 Å². The van der Waals surface area contributed by atoms with E-state index in [9.17, 15) is 9.59 Å². The van der Waals surface area contributed by atoms with E-state index < -0.39 is 0 Å². The Labute approximate surface area is 161 Å². The van der Waals surface area contributed by atoms with Crippen molar-refractivity contribution in [2.24, 2.45) is 22.7 Å². The second kappa shape index (κ2) is 6.73. The molecule has 0 N–H and O–H groups in total. The smallest absolute Gasteiger partial charge is 0.230 e. The van der Waals surface area contributed by atoms with Gasteiger partial charge in [-0.1, -0.05) is 0 Å². The number of carbonyl (C=O) groups is 2. The fraction of sp³-hybridized carbons (Fsp3) is 0.905. The summed E-state index contributed by atoms with van der Waals surface area (Å²) in [6.07, 6.45) is 8.97. The summed E-state index contributed by atoms with van der Waals surface area (Å²) in [7, 11) is 0. The zero-order valence-electron chi connectivity index (χ0n) is 16.3. The van der Waals surface area contributed by atoms with E-state index in [1.54, 1.807) is 0 Å². The average molecular weight is 376 g/mol. The maximum atomic E-state index is 13.5. The Balaban J connectivity index is 1.35. The molecule has 4 saturated carbocycles. The molecule has 2 unspecified atom stereocenters. The first-order chi connectivity index (χ1) is 13.1. The van der Waals surface area contributed by atoms with Gasteiger partial charge < -0.3 is 19.3 Å². The lowest BCUT2D eigenvalue weighted by Crippen LogP contribution is -2.59. The number of rotatable bonds is 3. The summed E-state index contributed by atoms with van der Waals surface area (Å²) in [6.45, 7) is 4.06. The third-order valence-electron chi connectivity index (χ3n) is 7.73. The lowest BCUT2D eigenvalue weighted by Gasteiger charge is -2.62. The molecule has 0 spiro atoms. The van der Waals surface area contributed by atoms with Gasteiger partial charge in [0.25, 0.3) is 0 Å². The van der Waals surface area contributed by atoms with Gasteiger partial charge in [-0.15, -0.1) is 0 Å². The predicted molar refractivity (Wildman–Crippen MR) is 98.5 cm³/mol. The molecule has 0 aromatic rings. The highest BCUT2D eigenvalue weighted by Crippen LogP contribution is 2.66. The van der Waals surface area contributed by atoms with Crippen molar-refractivity contribution in [1.82, 2.24) is 9.80 Å². The summed E-state index contributed by atoms with van der Waals surface area (Å²) in [5.74, 6) is 1.78. The Morgan fingerprint density at radius 2 is 1.52 bits per heavy atom. The fourth-order valence-corrected chi connectivity index (χ4v) is 7.23. The zero-order chi connectivity index (χ0) is 18.5. The highest BCUT2D eigenvalue weighted by molar-refractivity contribution is 5.84. The van der Waals surface area contributed by atoms with Crippen molar-refractivity contribution in [2.75, 3.05) is 39.8 Å². The molecule has 6 aliphatic rings. The van der Waals surface area contributed by atoms with E-state index in [4.69, 9.17) is 9.47 Å². The molecule has 6 nitrogen and oxygen atoms in total. The zero-order valence-corrected chi connectivity index (χ0v) is 16.3. The van der Waals surface area contributed by atoms with Crippen molar-refractivity contribution >= 4 is 11.8 Å². The first-order valence-corrected chi connectivity index (χ1v) is 10.8. The number of hydrogen-bond acceptors (Lipinski definition) is 4. The molecule has 6 rings (SSSR count). The van der Waals surface area contributed by atoms with Gasteiger partial charge in [-0.2, -0.15) is 0 Å². The Morgan fingerprint density at radius 3 is 2.11 bits per heavy atom. The van der Waals surface area contributed by atoms with E-state index in [0.717, 1.165) is 71.2 Å². The Bertz CT molecular complexity index is 595. The lowest BCUT2D eigenvalue weighted by atomic mass is 9.43. The van der Waals surface area contributed by atoms with Gasteiger partial charge in [0.15, 0.2) is 0 Å². The standard InChI is InChI=1S/C21H32N2O4/c24-18(22-3-1-5-26-14-22)12-20-8-16-7-17(9-20)11-21(10-16,13-20)19(25)23-4-2-6-27-15-23/h16-17H,1-15H2. The van der Waals surface area contributed by atoms with Crippen LogP contribution in [0.25, 0.3) is 0 Å². The monoisotopic (exact) mass is 376 g/mol. The van der Waals surface area contributed by atoms with Gasteiger partial charge in [0, 0.05) is 19.5 Å². The number of ether oxygens (including phenoxy) is 2. The van der Waals surface area contributed by atoms with E-state index in [1.807, 2.05) is 9.80 Å². The average Bonchev–Trinajstić information content (AvgIpc) is 2.67. The SMILES string of the molecule is O=C(CC12CC3CC(C1)CC(C(=O)N1CCCOC1)(C3)C2)N1CCCOC1. The Kier molecular flexibility index (Phi) is 4.47. The molecule has 27 heavy (non-hydrogen) atoms. The molecule has 2 heterocycles. The molecule has 2 saturated heterocycles. The summed E-state index contributed by atoms with van der Waals surface area (Å²) in [6, 6.07) is 0. The van der Waals surface area contributed by atoms with Crippen LogP contribution >= 0.6 is 0 Å². The fourth-order valence-electron chi connectivity index (χ4n) is 7.23. The number of amides is 2. The molecule has 6 heteroatoms. The molecule has 2 atom stereocenters. The Morgan fingerprint density at radius 1 is 0.889 bits per heavy atom. The molecule has 6 fully saturated rings. The van der Waals surface area contributed by atoms with Crippen molar-refractivity contribution in [2.45, 2.75) is 57.8 Å². The van der Waals surface area contributed by atoms with Crippen LogP contribution < -0.4 is 0 Å². The van der Waals surface area contributed by atoms with Crippen LogP contribution in [0.3, 0.4) is 0 Å².